The summed E-state index contributed by atoms with van der Waals surface area (Å²) in [7, 11) is -4.74. The summed E-state index contributed by atoms with van der Waals surface area (Å²) in [5.74, 6) is 0.368. The van der Waals surface area contributed by atoms with E-state index in [1.807, 2.05) is 19.9 Å². The van der Waals surface area contributed by atoms with Crippen LogP contribution >= 0.6 is 7.82 Å². The summed E-state index contributed by atoms with van der Waals surface area (Å²) >= 11 is 0. The summed E-state index contributed by atoms with van der Waals surface area (Å²) in [6.07, 6.45) is -1.29. The second kappa shape index (κ2) is 7.73. The minimum Gasteiger partial charge on any atom is -0.387 e. The Labute approximate surface area is 161 Å². The van der Waals surface area contributed by atoms with Crippen LogP contribution in [0.3, 0.4) is 0 Å². The van der Waals surface area contributed by atoms with Crippen molar-refractivity contribution in [3.05, 3.63) is 11.6 Å². The molecule has 12 nitrogen and oxygen atoms in total. The fourth-order valence-electron chi connectivity index (χ4n) is 3.14. The molecule has 3 aliphatic rings. The lowest BCUT2D eigenvalue weighted by atomic mass is 9.98. The van der Waals surface area contributed by atoms with Crippen molar-refractivity contribution < 1.29 is 33.8 Å². The molecule has 1 fully saturated rings. The molecule has 28 heavy (non-hydrogen) atoms. The van der Waals surface area contributed by atoms with Crippen LogP contribution in [0, 0.1) is 0 Å². The smallest absolute Gasteiger partial charge is 0.387 e. The number of amidine groups is 1. The first-order chi connectivity index (χ1) is 13.0. The van der Waals surface area contributed by atoms with Crippen molar-refractivity contribution in [1.29, 1.82) is 0 Å². The molecule has 1 saturated heterocycles. The molecule has 0 aliphatic carbocycles. The number of hydrogen-bond acceptors (Lipinski definition) is 10. The second-order valence-electron chi connectivity index (χ2n) is 7.06. The third-order valence-electron chi connectivity index (χ3n) is 4.62. The molecule has 3 aliphatic heterocycles. The maximum atomic E-state index is 10.9. The summed E-state index contributed by atoms with van der Waals surface area (Å²) in [5.41, 5.74) is 6.81. The number of nitrogens with zero attached hydrogens (tertiary/aromatic N) is 4. The van der Waals surface area contributed by atoms with Crippen LogP contribution in [-0.2, 0) is 13.8 Å². The van der Waals surface area contributed by atoms with E-state index in [4.69, 9.17) is 20.3 Å². The van der Waals surface area contributed by atoms with Crippen LogP contribution in [0.4, 0.5) is 0 Å². The van der Waals surface area contributed by atoms with Crippen molar-refractivity contribution in [2.24, 2.45) is 20.7 Å². The van der Waals surface area contributed by atoms with E-state index >= 15 is 0 Å². The Morgan fingerprint density at radius 2 is 2.18 bits per heavy atom. The molecule has 0 spiro atoms. The Morgan fingerprint density at radius 1 is 1.46 bits per heavy atom. The number of aliphatic imine (C=N–C) groups is 3. The Balaban J connectivity index is 1.74. The maximum Gasteiger partial charge on any atom is 0.469 e. The fourth-order valence-corrected chi connectivity index (χ4v) is 3.48. The van der Waals surface area contributed by atoms with Gasteiger partial charge in [-0.1, -0.05) is 11.6 Å². The van der Waals surface area contributed by atoms with Crippen LogP contribution in [0.25, 0.3) is 0 Å². The SMILES string of the molecule is CC(C)=CCC1(N)N=CN=C2C1=NCN2[C@@H]1O[C@H](COP(=O)(O)O)[C@@H](O)[C@H]1O. The van der Waals surface area contributed by atoms with Crippen molar-refractivity contribution in [3.63, 3.8) is 0 Å². The highest BCUT2D eigenvalue weighted by Gasteiger charge is 2.50. The third kappa shape index (κ3) is 4.24. The lowest BCUT2D eigenvalue weighted by molar-refractivity contribution is -0.0681. The summed E-state index contributed by atoms with van der Waals surface area (Å²) < 4.78 is 20.8. The average molecular weight is 417 g/mol. The Morgan fingerprint density at radius 3 is 2.82 bits per heavy atom. The van der Waals surface area contributed by atoms with Gasteiger partial charge in [0.2, 0.25) is 0 Å². The number of phosphoric acid groups is 1. The van der Waals surface area contributed by atoms with Gasteiger partial charge in [0.15, 0.2) is 17.7 Å². The topological polar surface area (TPSA) is 183 Å². The standard InChI is InChI=1S/C15H24N5O7P/c1-8(2)3-4-15(16)12-13(17-6-19-15)20(7-18-12)14-11(22)10(21)9(27-14)5-26-28(23,24)25/h3,6,9-11,14,21-22H,4-5,7,16H2,1-2H3,(H2,23,24,25)/t9-,10-,11-,14-,15?/m1/s1. The Kier molecular flexibility index (Phi) is 5.86. The van der Waals surface area contributed by atoms with E-state index in [2.05, 4.69) is 19.5 Å². The number of nitrogens with two attached hydrogens (primary N) is 1. The molecule has 0 saturated carbocycles. The summed E-state index contributed by atoms with van der Waals surface area (Å²) in [4.78, 5) is 32.0. The van der Waals surface area contributed by atoms with Gasteiger partial charge in [-0.15, -0.1) is 0 Å². The van der Waals surface area contributed by atoms with Crippen LogP contribution < -0.4 is 5.73 Å². The van der Waals surface area contributed by atoms with Gasteiger partial charge < -0.3 is 35.4 Å². The van der Waals surface area contributed by atoms with Gasteiger partial charge in [-0.05, 0) is 13.8 Å². The number of ether oxygens (including phenoxy) is 1. The van der Waals surface area contributed by atoms with E-state index in [0.717, 1.165) is 5.57 Å². The van der Waals surface area contributed by atoms with Gasteiger partial charge >= 0.3 is 7.82 Å². The predicted molar refractivity (Wildman–Crippen MR) is 99.7 cm³/mol. The Bertz CT molecular complexity index is 790. The van der Waals surface area contributed by atoms with Crippen molar-refractivity contribution in [3.8, 4) is 0 Å². The summed E-state index contributed by atoms with van der Waals surface area (Å²) in [6.45, 7) is 3.37. The molecule has 156 valence electrons. The molecule has 0 radical (unpaired) electrons. The highest BCUT2D eigenvalue weighted by molar-refractivity contribution is 7.46. The fraction of sp³-hybridized carbons (Fsp3) is 0.667. The highest BCUT2D eigenvalue weighted by Crippen LogP contribution is 2.38. The zero-order valence-corrected chi connectivity index (χ0v) is 16.3. The van der Waals surface area contributed by atoms with Gasteiger partial charge in [0, 0.05) is 6.42 Å². The van der Waals surface area contributed by atoms with Gasteiger partial charge in [0.25, 0.3) is 0 Å². The molecule has 3 heterocycles. The number of fused-ring (bicyclic) bond motifs is 1. The van der Waals surface area contributed by atoms with Gasteiger partial charge in [0.05, 0.1) is 6.61 Å². The maximum absolute atomic E-state index is 10.9. The molecular weight excluding hydrogens is 393 g/mol. The molecule has 13 heteroatoms. The molecule has 0 aromatic rings. The number of phosphoric ester groups is 1. The van der Waals surface area contributed by atoms with E-state index in [1.165, 1.54) is 11.2 Å². The monoisotopic (exact) mass is 417 g/mol. The number of allylic oxidation sites excluding steroid dienone is 1. The zero-order chi connectivity index (χ0) is 20.7. The lowest BCUT2D eigenvalue weighted by Gasteiger charge is -2.32. The van der Waals surface area contributed by atoms with Crippen molar-refractivity contribution in [2.75, 3.05) is 13.3 Å². The van der Waals surface area contributed by atoms with Gasteiger partial charge in [-0.3, -0.25) is 9.52 Å². The molecule has 0 bridgehead atoms. The van der Waals surface area contributed by atoms with Crippen molar-refractivity contribution in [1.82, 2.24) is 4.90 Å². The normalized spacial score (nSPS) is 34.9. The van der Waals surface area contributed by atoms with E-state index < -0.39 is 44.6 Å². The van der Waals surface area contributed by atoms with Gasteiger partial charge in [-0.25, -0.2) is 14.5 Å². The van der Waals surface area contributed by atoms with E-state index in [-0.39, 0.29) is 6.67 Å². The number of aliphatic hydroxyl groups is 2. The first-order valence-electron chi connectivity index (χ1n) is 8.59. The quantitative estimate of drug-likeness (QED) is 0.259. The molecule has 0 amide bonds. The molecule has 3 rings (SSSR count). The lowest BCUT2D eigenvalue weighted by Crippen LogP contribution is -2.55. The molecule has 1 unspecified atom stereocenters. The van der Waals surface area contributed by atoms with Crippen LogP contribution in [0.5, 0.6) is 0 Å². The minimum absolute atomic E-state index is 0.0752. The largest absolute Gasteiger partial charge is 0.469 e. The second-order valence-corrected chi connectivity index (χ2v) is 8.30. The van der Waals surface area contributed by atoms with Gasteiger partial charge in [0.1, 0.15) is 37.0 Å². The first-order valence-corrected chi connectivity index (χ1v) is 10.1. The van der Waals surface area contributed by atoms with Crippen molar-refractivity contribution >= 4 is 25.7 Å². The van der Waals surface area contributed by atoms with E-state index in [0.29, 0.717) is 18.0 Å². The van der Waals surface area contributed by atoms with Crippen LogP contribution in [0.15, 0.2) is 26.6 Å². The average Bonchev–Trinajstić information content (AvgIpc) is 3.14. The Hall–Kier alpha value is -1.50. The number of rotatable bonds is 6. The van der Waals surface area contributed by atoms with Crippen LogP contribution in [-0.4, -0.2) is 86.3 Å². The molecule has 0 aromatic carbocycles. The molecule has 0 aromatic heterocycles. The summed E-state index contributed by atoms with van der Waals surface area (Å²) in [6, 6.07) is 0. The van der Waals surface area contributed by atoms with Crippen LogP contribution in [0.2, 0.25) is 0 Å². The van der Waals surface area contributed by atoms with Crippen LogP contribution in [0.1, 0.15) is 20.3 Å². The first kappa shape index (κ1) is 21.2. The van der Waals surface area contributed by atoms with E-state index in [1.54, 1.807) is 0 Å². The van der Waals surface area contributed by atoms with Gasteiger partial charge in [-0.2, -0.15) is 0 Å². The molecule has 6 N–H and O–H groups in total. The van der Waals surface area contributed by atoms with E-state index in [9.17, 15) is 14.8 Å². The van der Waals surface area contributed by atoms with Crippen molar-refractivity contribution in [2.45, 2.75) is 50.5 Å². The minimum atomic E-state index is -4.74. The number of aliphatic hydroxyl groups excluding tert-OH is 2. The molecule has 5 atom stereocenters. The molecular formula is C15H24N5O7P. The highest BCUT2D eigenvalue weighted by atomic mass is 31.2. The zero-order valence-electron chi connectivity index (χ0n) is 15.4. The predicted octanol–water partition coefficient (Wildman–Crippen LogP) is -1.29. The number of hydrogen-bond donors (Lipinski definition) is 5. The third-order valence-corrected chi connectivity index (χ3v) is 5.10. The summed E-state index contributed by atoms with van der Waals surface area (Å²) in [5, 5.41) is 20.5.